The summed E-state index contributed by atoms with van der Waals surface area (Å²) in [6.07, 6.45) is 0. The predicted octanol–water partition coefficient (Wildman–Crippen LogP) is -2.01. The molecular formula is C2H6N2O3. The molecule has 0 fully saturated rings. The molecule has 5 heteroatoms. The Kier molecular flexibility index (Phi) is 3.21. The van der Waals surface area contributed by atoms with Crippen LogP contribution in [0.2, 0.25) is 0 Å². The van der Waals surface area contributed by atoms with Crippen LogP contribution in [-0.4, -0.2) is 22.8 Å². The van der Waals surface area contributed by atoms with Gasteiger partial charge in [0, 0.05) is 0 Å². The fourth-order valence-electron chi connectivity index (χ4n) is 0.102. The fraction of sp³-hybridized carbons (Fsp3) is 0.500. The summed E-state index contributed by atoms with van der Waals surface area (Å²) >= 11 is 0. The quantitative estimate of drug-likeness (QED) is 0.306. The zero-order valence-electron chi connectivity index (χ0n) is 3.51. The van der Waals surface area contributed by atoms with Crippen molar-refractivity contribution < 1.29 is 15.1 Å². The maximum absolute atomic E-state index is 9.83. The van der Waals surface area contributed by atoms with Gasteiger partial charge < -0.3 is 5.11 Å². The van der Waals surface area contributed by atoms with Crippen molar-refractivity contribution in [2.24, 2.45) is 0 Å². The number of aliphatic hydroxyl groups is 1. The Bertz CT molecular complexity index is 64.0. The van der Waals surface area contributed by atoms with E-state index in [1.807, 2.05) is 0 Å². The number of aliphatic hydroxyl groups excluding tert-OH is 1. The van der Waals surface area contributed by atoms with Gasteiger partial charge in [0.25, 0.3) is 5.91 Å². The summed E-state index contributed by atoms with van der Waals surface area (Å²) in [5.74, 6) is -0.678. The first-order valence-corrected chi connectivity index (χ1v) is 1.60. The van der Waals surface area contributed by atoms with Crippen LogP contribution in [0, 0.1) is 0 Å². The molecule has 0 aromatic carbocycles. The lowest BCUT2D eigenvalue weighted by atomic mass is 10.7. The van der Waals surface area contributed by atoms with E-state index < -0.39 is 12.5 Å². The van der Waals surface area contributed by atoms with E-state index in [4.69, 9.17) is 10.3 Å². The van der Waals surface area contributed by atoms with E-state index in [0.717, 1.165) is 0 Å². The Balaban J connectivity index is 3.00. The van der Waals surface area contributed by atoms with Gasteiger partial charge in [0.15, 0.2) is 0 Å². The van der Waals surface area contributed by atoms with Crippen LogP contribution in [0.3, 0.4) is 0 Å². The molecular weight excluding hydrogens is 100 g/mol. The molecule has 0 rings (SSSR count). The minimum Gasteiger partial charge on any atom is -0.386 e. The summed E-state index contributed by atoms with van der Waals surface area (Å²) in [6, 6.07) is 0. The van der Waals surface area contributed by atoms with E-state index in [-0.39, 0.29) is 0 Å². The summed E-state index contributed by atoms with van der Waals surface area (Å²) in [5, 5.41) is 15.6. The van der Waals surface area contributed by atoms with Crippen LogP contribution >= 0.6 is 0 Å². The lowest BCUT2D eigenvalue weighted by molar-refractivity contribution is -0.127. The van der Waals surface area contributed by atoms with Crippen LogP contribution in [-0.2, 0) is 4.79 Å². The molecule has 0 saturated heterocycles. The number of rotatable bonds is 2. The van der Waals surface area contributed by atoms with Crippen LogP contribution in [0.15, 0.2) is 0 Å². The normalized spacial score (nSPS) is 8.29. The van der Waals surface area contributed by atoms with E-state index in [1.165, 1.54) is 5.59 Å². The third-order valence-corrected chi connectivity index (χ3v) is 0.339. The average molecular weight is 106 g/mol. The van der Waals surface area contributed by atoms with E-state index in [2.05, 4.69) is 0 Å². The van der Waals surface area contributed by atoms with Crippen molar-refractivity contribution in [2.45, 2.75) is 0 Å². The summed E-state index contributed by atoms with van der Waals surface area (Å²) < 4.78 is 0. The second-order valence-corrected chi connectivity index (χ2v) is 0.818. The first-order chi connectivity index (χ1) is 3.31. The largest absolute Gasteiger partial charge is 0.386 e. The van der Waals surface area contributed by atoms with Crippen molar-refractivity contribution in [3.63, 3.8) is 0 Å². The first kappa shape index (κ1) is 6.35. The molecule has 0 saturated carbocycles. The highest BCUT2D eigenvalue weighted by Crippen LogP contribution is 1.51. The first-order valence-electron chi connectivity index (χ1n) is 1.60. The van der Waals surface area contributed by atoms with Gasteiger partial charge in [-0.05, 0) is 0 Å². The van der Waals surface area contributed by atoms with Crippen molar-refractivity contribution in [1.29, 1.82) is 0 Å². The van der Waals surface area contributed by atoms with Crippen molar-refractivity contribution in [3.8, 4) is 0 Å². The number of nitrogens with one attached hydrogen (secondary N) is 2. The minimum atomic E-state index is -0.678. The second-order valence-electron chi connectivity index (χ2n) is 0.818. The van der Waals surface area contributed by atoms with Gasteiger partial charge in [0.1, 0.15) is 6.61 Å². The van der Waals surface area contributed by atoms with Gasteiger partial charge in [-0.3, -0.25) is 15.4 Å². The van der Waals surface area contributed by atoms with Gasteiger partial charge in [0.05, 0.1) is 0 Å². The number of carbonyl (C=O) groups excluding carboxylic acids is 1. The third kappa shape index (κ3) is 3.17. The van der Waals surface area contributed by atoms with Crippen LogP contribution in [0.25, 0.3) is 0 Å². The SMILES string of the molecule is O=C(CO)NNO. The zero-order valence-corrected chi connectivity index (χ0v) is 3.51. The maximum Gasteiger partial charge on any atom is 0.261 e. The molecule has 0 bridgehead atoms. The number of hydrogen-bond donors (Lipinski definition) is 4. The number of amides is 1. The second kappa shape index (κ2) is 3.54. The van der Waals surface area contributed by atoms with Crippen LogP contribution in [0.1, 0.15) is 0 Å². The molecule has 5 nitrogen and oxygen atoms in total. The molecule has 0 aromatic rings. The van der Waals surface area contributed by atoms with Gasteiger partial charge in [-0.2, -0.15) is 0 Å². The lowest BCUT2D eigenvalue weighted by Crippen LogP contribution is -2.36. The molecule has 0 radical (unpaired) electrons. The Labute approximate surface area is 39.9 Å². The van der Waals surface area contributed by atoms with Gasteiger partial charge in [-0.15, -0.1) is 5.59 Å². The van der Waals surface area contributed by atoms with E-state index >= 15 is 0 Å². The van der Waals surface area contributed by atoms with Gasteiger partial charge >= 0.3 is 0 Å². The van der Waals surface area contributed by atoms with Crippen LogP contribution in [0.5, 0.6) is 0 Å². The van der Waals surface area contributed by atoms with Gasteiger partial charge in [-0.1, -0.05) is 0 Å². The Morgan fingerprint density at radius 3 is 2.43 bits per heavy atom. The van der Waals surface area contributed by atoms with E-state index in [1.54, 1.807) is 5.43 Å². The summed E-state index contributed by atoms with van der Waals surface area (Å²) in [4.78, 5) is 9.83. The molecule has 0 atom stereocenters. The minimum absolute atomic E-state index is 0.631. The molecule has 0 aliphatic carbocycles. The molecule has 0 aliphatic heterocycles. The standard InChI is InChI=1S/C2H6N2O3/c5-1-2(6)3-4-7/h4-5,7H,1H2,(H,3,6). The lowest BCUT2D eigenvalue weighted by Gasteiger charge is -1.93. The number of hydrogen-bond acceptors (Lipinski definition) is 4. The highest BCUT2D eigenvalue weighted by Gasteiger charge is 1.90. The topological polar surface area (TPSA) is 81.6 Å². The molecule has 0 aliphatic rings. The maximum atomic E-state index is 9.83. The van der Waals surface area contributed by atoms with Crippen molar-refractivity contribution in [1.82, 2.24) is 11.0 Å². The Morgan fingerprint density at radius 1 is 1.71 bits per heavy atom. The summed E-state index contributed by atoms with van der Waals surface area (Å²) in [6.45, 7) is -0.631. The Morgan fingerprint density at radius 2 is 2.29 bits per heavy atom. The Hall–Kier alpha value is -0.650. The number of carbonyl (C=O) groups is 1. The van der Waals surface area contributed by atoms with Crippen molar-refractivity contribution >= 4 is 5.91 Å². The van der Waals surface area contributed by atoms with E-state index in [0.29, 0.717) is 0 Å². The predicted molar refractivity (Wildman–Crippen MR) is 20.2 cm³/mol. The third-order valence-electron chi connectivity index (χ3n) is 0.339. The van der Waals surface area contributed by atoms with Crippen LogP contribution < -0.4 is 11.0 Å². The van der Waals surface area contributed by atoms with Crippen molar-refractivity contribution in [3.05, 3.63) is 0 Å². The molecule has 0 heterocycles. The van der Waals surface area contributed by atoms with Gasteiger partial charge in [0.2, 0.25) is 0 Å². The molecule has 4 N–H and O–H groups in total. The molecule has 0 unspecified atom stereocenters. The highest BCUT2D eigenvalue weighted by molar-refractivity contribution is 5.76. The van der Waals surface area contributed by atoms with Gasteiger partial charge in [-0.25, -0.2) is 0 Å². The summed E-state index contributed by atoms with van der Waals surface area (Å²) in [7, 11) is 0. The smallest absolute Gasteiger partial charge is 0.261 e. The summed E-state index contributed by atoms with van der Waals surface area (Å²) in [5.41, 5.74) is 3.07. The van der Waals surface area contributed by atoms with E-state index in [9.17, 15) is 4.79 Å². The van der Waals surface area contributed by atoms with Crippen LogP contribution in [0.4, 0.5) is 0 Å². The average Bonchev–Trinajstić information content (AvgIpc) is 1.68. The molecule has 0 aromatic heterocycles. The monoisotopic (exact) mass is 106 g/mol. The number of hydrazine groups is 1. The highest BCUT2D eigenvalue weighted by atomic mass is 16.5. The molecule has 7 heavy (non-hydrogen) atoms. The fourth-order valence-corrected chi connectivity index (χ4v) is 0.102. The zero-order chi connectivity index (χ0) is 5.70. The molecule has 0 spiro atoms. The molecule has 42 valence electrons. The van der Waals surface area contributed by atoms with Crippen molar-refractivity contribution in [2.75, 3.05) is 6.61 Å². The molecule has 1 amide bonds.